The molecule has 2 fully saturated rings. The zero-order chi connectivity index (χ0) is 16.4. The predicted octanol–water partition coefficient (Wildman–Crippen LogP) is 0.948. The van der Waals surface area contributed by atoms with E-state index in [4.69, 9.17) is 0 Å². The highest BCUT2D eigenvalue weighted by Gasteiger charge is 2.28. The third kappa shape index (κ3) is 3.99. The number of likely N-dealkylation sites (tertiary alicyclic amines) is 1. The van der Waals surface area contributed by atoms with E-state index in [9.17, 15) is 13.2 Å². The zero-order valence-corrected chi connectivity index (χ0v) is 14.1. The van der Waals surface area contributed by atoms with Crippen LogP contribution in [-0.4, -0.2) is 59.8 Å². The first kappa shape index (κ1) is 16.2. The number of hydrogen-bond donors (Lipinski definition) is 1. The van der Waals surface area contributed by atoms with E-state index in [1.165, 1.54) is 12.4 Å². The van der Waals surface area contributed by atoms with Crippen molar-refractivity contribution in [2.24, 2.45) is 5.92 Å². The van der Waals surface area contributed by atoms with E-state index < -0.39 is 9.84 Å². The summed E-state index contributed by atoms with van der Waals surface area (Å²) in [5.41, 5.74) is 0.337. The largest absolute Gasteiger partial charge is 0.365 e. The lowest BCUT2D eigenvalue weighted by atomic mass is 10.0. The van der Waals surface area contributed by atoms with Gasteiger partial charge < -0.3 is 10.2 Å². The van der Waals surface area contributed by atoms with E-state index >= 15 is 0 Å². The third-order valence-corrected chi connectivity index (χ3v) is 6.17. The molecule has 7 nitrogen and oxygen atoms in total. The lowest BCUT2D eigenvalue weighted by Gasteiger charge is -2.30. The summed E-state index contributed by atoms with van der Waals surface area (Å²) in [6.45, 7) is 3.68. The summed E-state index contributed by atoms with van der Waals surface area (Å²) in [4.78, 5) is 22.6. The maximum absolute atomic E-state index is 12.4. The molecule has 2 unspecified atom stereocenters. The molecule has 0 bridgehead atoms. The number of piperidine rings is 1. The fraction of sp³-hybridized carbons (Fsp3) is 0.667. The second-order valence-corrected chi connectivity index (χ2v) is 8.76. The fourth-order valence-corrected chi connectivity index (χ4v) is 4.84. The first-order valence-corrected chi connectivity index (χ1v) is 9.83. The molecule has 0 spiro atoms. The van der Waals surface area contributed by atoms with Crippen LogP contribution in [0.1, 0.15) is 36.7 Å². The van der Waals surface area contributed by atoms with E-state index in [1.807, 2.05) is 4.90 Å². The number of carbonyl (C=O) groups excluding carboxylic acids is 1. The Labute approximate surface area is 136 Å². The molecule has 1 aromatic rings. The Morgan fingerprint density at radius 3 is 2.74 bits per heavy atom. The van der Waals surface area contributed by atoms with Crippen LogP contribution in [0.4, 0.5) is 5.82 Å². The molecule has 1 N–H and O–H groups in total. The standard InChI is InChI=1S/C15H22N4O3S/c1-11-3-2-5-19(9-11)15(20)13-7-17-14(8-16-13)18-12-4-6-23(21,22)10-12/h7-8,11-12H,2-6,9-10H2,1H3,(H,17,18). The summed E-state index contributed by atoms with van der Waals surface area (Å²) in [7, 11) is -2.93. The number of carbonyl (C=O) groups is 1. The molecule has 1 aromatic heterocycles. The van der Waals surface area contributed by atoms with Gasteiger partial charge in [0.1, 0.15) is 11.5 Å². The molecule has 126 valence electrons. The number of rotatable bonds is 3. The maximum atomic E-state index is 12.4. The van der Waals surface area contributed by atoms with Crippen LogP contribution in [0.15, 0.2) is 12.4 Å². The van der Waals surface area contributed by atoms with Gasteiger partial charge in [0, 0.05) is 19.1 Å². The molecule has 2 aliphatic rings. The summed E-state index contributed by atoms with van der Waals surface area (Å²) in [5, 5.41) is 3.07. The van der Waals surface area contributed by atoms with Gasteiger partial charge in [-0.15, -0.1) is 0 Å². The highest BCUT2D eigenvalue weighted by molar-refractivity contribution is 7.91. The molecule has 23 heavy (non-hydrogen) atoms. The Bertz CT molecular complexity index is 674. The topological polar surface area (TPSA) is 92.3 Å². The molecule has 2 atom stereocenters. The summed E-state index contributed by atoms with van der Waals surface area (Å²) in [6, 6.07) is -0.126. The first-order chi connectivity index (χ1) is 10.9. The molecular formula is C15H22N4O3S. The number of nitrogens with zero attached hydrogens (tertiary/aromatic N) is 3. The highest BCUT2D eigenvalue weighted by atomic mass is 32.2. The van der Waals surface area contributed by atoms with Crippen LogP contribution in [0.3, 0.4) is 0 Å². The Hall–Kier alpha value is -1.70. The van der Waals surface area contributed by atoms with Crippen LogP contribution in [0.5, 0.6) is 0 Å². The molecule has 0 radical (unpaired) electrons. The fourth-order valence-electron chi connectivity index (χ4n) is 3.17. The van der Waals surface area contributed by atoms with Crippen molar-refractivity contribution in [3.63, 3.8) is 0 Å². The summed E-state index contributed by atoms with van der Waals surface area (Å²) < 4.78 is 22.9. The van der Waals surface area contributed by atoms with Crippen LogP contribution >= 0.6 is 0 Å². The molecule has 0 aromatic carbocycles. The van der Waals surface area contributed by atoms with Gasteiger partial charge in [-0.25, -0.2) is 18.4 Å². The first-order valence-electron chi connectivity index (χ1n) is 8.01. The SMILES string of the molecule is CC1CCCN(C(=O)c2cnc(NC3CCS(=O)(=O)C3)cn2)C1. The Kier molecular flexibility index (Phi) is 4.52. The average molecular weight is 338 g/mol. The van der Waals surface area contributed by atoms with E-state index in [0.29, 0.717) is 23.9 Å². The van der Waals surface area contributed by atoms with Crippen LogP contribution < -0.4 is 5.32 Å². The van der Waals surface area contributed by atoms with Crippen molar-refractivity contribution in [3.05, 3.63) is 18.1 Å². The number of nitrogens with one attached hydrogen (secondary N) is 1. The normalized spacial score (nSPS) is 26.9. The van der Waals surface area contributed by atoms with Gasteiger partial charge in [-0.05, 0) is 25.2 Å². The number of anilines is 1. The van der Waals surface area contributed by atoms with Gasteiger partial charge in [0.15, 0.2) is 9.84 Å². The average Bonchev–Trinajstić information content (AvgIpc) is 2.86. The van der Waals surface area contributed by atoms with Crippen molar-refractivity contribution in [1.29, 1.82) is 0 Å². The van der Waals surface area contributed by atoms with E-state index in [1.54, 1.807) is 0 Å². The van der Waals surface area contributed by atoms with Gasteiger partial charge in [-0.1, -0.05) is 6.92 Å². The van der Waals surface area contributed by atoms with Crippen molar-refractivity contribution >= 4 is 21.6 Å². The van der Waals surface area contributed by atoms with Gasteiger partial charge in [-0.3, -0.25) is 4.79 Å². The quantitative estimate of drug-likeness (QED) is 0.882. The molecular weight excluding hydrogens is 316 g/mol. The van der Waals surface area contributed by atoms with Gasteiger partial charge in [-0.2, -0.15) is 0 Å². The van der Waals surface area contributed by atoms with Crippen LogP contribution in [0, 0.1) is 5.92 Å². The van der Waals surface area contributed by atoms with Crippen molar-refractivity contribution in [2.75, 3.05) is 29.9 Å². The van der Waals surface area contributed by atoms with E-state index in [0.717, 1.165) is 25.9 Å². The number of sulfone groups is 1. The molecule has 0 saturated carbocycles. The van der Waals surface area contributed by atoms with Crippen LogP contribution in [-0.2, 0) is 9.84 Å². The van der Waals surface area contributed by atoms with Crippen LogP contribution in [0.25, 0.3) is 0 Å². The lowest BCUT2D eigenvalue weighted by Crippen LogP contribution is -2.39. The van der Waals surface area contributed by atoms with Crippen molar-refractivity contribution in [3.8, 4) is 0 Å². The maximum Gasteiger partial charge on any atom is 0.274 e. The van der Waals surface area contributed by atoms with Crippen LogP contribution in [0.2, 0.25) is 0 Å². The zero-order valence-electron chi connectivity index (χ0n) is 13.2. The number of aromatic nitrogens is 2. The van der Waals surface area contributed by atoms with Gasteiger partial charge >= 0.3 is 0 Å². The predicted molar refractivity (Wildman–Crippen MR) is 87.0 cm³/mol. The Morgan fingerprint density at radius 1 is 1.30 bits per heavy atom. The monoisotopic (exact) mass is 338 g/mol. The Morgan fingerprint density at radius 2 is 2.13 bits per heavy atom. The molecule has 1 amide bonds. The molecule has 2 aliphatic heterocycles. The highest BCUT2D eigenvalue weighted by Crippen LogP contribution is 2.18. The molecule has 3 heterocycles. The number of amides is 1. The molecule has 3 rings (SSSR count). The smallest absolute Gasteiger partial charge is 0.274 e. The van der Waals surface area contributed by atoms with Crippen molar-refractivity contribution < 1.29 is 13.2 Å². The summed E-state index contributed by atoms with van der Waals surface area (Å²) in [5.74, 6) is 1.28. The molecule has 0 aliphatic carbocycles. The van der Waals surface area contributed by atoms with E-state index in [-0.39, 0.29) is 23.5 Å². The van der Waals surface area contributed by atoms with Gasteiger partial charge in [0.2, 0.25) is 0 Å². The summed E-state index contributed by atoms with van der Waals surface area (Å²) >= 11 is 0. The Balaban J connectivity index is 1.61. The molecule has 2 saturated heterocycles. The second kappa shape index (κ2) is 6.43. The van der Waals surface area contributed by atoms with Crippen molar-refractivity contribution in [2.45, 2.75) is 32.2 Å². The minimum atomic E-state index is -2.93. The number of hydrogen-bond acceptors (Lipinski definition) is 6. The van der Waals surface area contributed by atoms with Crippen molar-refractivity contribution in [1.82, 2.24) is 14.9 Å². The third-order valence-electron chi connectivity index (χ3n) is 4.40. The molecule has 8 heteroatoms. The minimum absolute atomic E-state index is 0.0842. The second-order valence-electron chi connectivity index (χ2n) is 6.53. The van der Waals surface area contributed by atoms with Gasteiger partial charge in [0.25, 0.3) is 5.91 Å². The summed E-state index contributed by atoms with van der Waals surface area (Å²) in [6.07, 6.45) is 5.73. The van der Waals surface area contributed by atoms with E-state index in [2.05, 4.69) is 22.2 Å². The lowest BCUT2D eigenvalue weighted by molar-refractivity contribution is 0.0676. The minimum Gasteiger partial charge on any atom is -0.365 e. The van der Waals surface area contributed by atoms with Gasteiger partial charge in [0.05, 0.1) is 23.9 Å².